The average molecular weight is 304 g/mol. The van der Waals surface area contributed by atoms with Crippen molar-refractivity contribution in [2.75, 3.05) is 11.9 Å². The van der Waals surface area contributed by atoms with Crippen molar-refractivity contribution >= 4 is 11.6 Å². The number of amides is 1. The summed E-state index contributed by atoms with van der Waals surface area (Å²) in [4.78, 5) is 12.2. The molecule has 0 spiro atoms. The third-order valence-corrected chi connectivity index (χ3v) is 4.51. The largest absolute Gasteiger partial charge is 0.393 e. The van der Waals surface area contributed by atoms with E-state index in [1.54, 1.807) is 0 Å². The first-order valence-corrected chi connectivity index (χ1v) is 8.39. The predicted octanol–water partition coefficient (Wildman–Crippen LogP) is 2.72. The van der Waals surface area contributed by atoms with Crippen LogP contribution in [-0.2, 0) is 11.2 Å². The van der Waals surface area contributed by atoms with Gasteiger partial charge in [0.2, 0.25) is 5.91 Å². The fourth-order valence-electron chi connectivity index (χ4n) is 3.11. The zero-order valence-corrected chi connectivity index (χ0v) is 13.6. The van der Waals surface area contributed by atoms with Gasteiger partial charge in [-0.2, -0.15) is 0 Å². The number of para-hydroxylation sites is 1. The predicted molar refractivity (Wildman–Crippen MR) is 89.9 cm³/mol. The first-order chi connectivity index (χ1) is 10.6. The molecule has 0 aliphatic heterocycles. The highest BCUT2D eigenvalue weighted by molar-refractivity contribution is 5.91. The number of rotatable bonds is 7. The van der Waals surface area contributed by atoms with Crippen molar-refractivity contribution < 1.29 is 9.90 Å². The maximum atomic E-state index is 12.2. The Morgan fingerprint density at radius 1 is 1.36 bits per heavy atom. The van der Waals surface area contributed by atoms with Crippen molar-refractivity contribution in [3.8, 4) is 0 Å². The van der Waals surface area contributed by atoms with Gasteiger partial charge in [-0.15, -0.1) is 0 Å². The Morgan fingerprint density at radius 2 is 2.14 bits per heavy atom. The van der Waals surface area contributed by atoms with Crippen LogP contribution in [-0.4, -0.2) is 29.7 Å². The number of benzene rings is 1. The van der Waals surface area contributed by atoms with Crippen molar-refractivity contribution in [2.45, 2.75) is 58.1 Å². The van der Waals surface area contributed by atoms with E-state index in [-0.39, 0.29) is 18.1 Å². The molecule has 0 saturated heterocycles. The summed E-state index contributed by atoms with van der Waals surface area (Å²) < 4.78 is 0. The smallest absolute Gasteiger partial charge is 0.225 e. The lowest BCUT2D eigenvalue weighted by atomic mass is 10.1. The number of anilines is 1. The summed E-state index contributed by atoms with van der Waals surface area (Å²) in [6.07, 6.45) is 4.28. The van der Waals surface area contributed by atoms with Gasteiger partial charge in [0.25, 0.3) is 0 Å². The van der Waals surface area contributed by atoms with Crippen LogP contribution in [0.1, 0.15) is 45.1 Å². The highest BCUT2D eigenvalue weighted by atomic mass is 16.3. The molecule has 1 fully saturated rings. The summed E-state index contributed by atoms with van der Waals surface area (Å²) in [6.45, 7) is 4.90. The molecule has 3 atom stereocenters. The SMILES string of the molecule is CCc1ccccc1NC(=O)CC(C)NCC1CCCC1O. The van der Waals surface area contributed by atoms with E-state index in [2.05, 4.69) is 17.6 Å². The second-order valence-corrected chi connectivity index (χ2v) is 6.33. The Balaban J connectivity index is 1.76. The third kappa shape index (κ3) is 4.82. The molecule has 0 aromatic heterocycles. The molecule has 3 unspecified atom stereocenters. The molecule has 1 saturated carbocycles. The third-order valence-electron chi connectivity index (χ3n) is 4.51. The van der Waals surface area contributed by atoms with Crippen molar-refractivity contribution in [2.24, 2.45) is 5.92 Å². The fraction of sp³-hybridized carbons (Fsp3) is 0.611. The van der Waals surface area contributed by atoms with Gasteiger partial charge in [0.05, 0.1) is 6.10 Å². The minimum Gasteiger partial charge on any atom is -0.393 e. The maximum Gasteiger partial charge on any atom is 0.225 e. The zero-order chi connectivity index (χ0) is 15.9. The summed E-state index contributed by atoms with van der Waals surface area (Å²) in [5.74, 6) is 0.374. The number of hydrogen-bond acceptors (Lipinski definition) is 3. The number of aliphatic hydroxyl groups is 1. The number of hydrogen-bond donors (Lipinski definition) is 3. The molecule has 1 aromatic carbocycles. The number of nitrogens with one attached hydrogen (secondary N) is 2. The minimum absolute atomic E-state index is 0.0351. The summed E-state index contributed by atoms with van der Waals surface area (Å²) in [5, 5.41) is 16.2. The van der Waals surface area contributed by atoms with Crippen LogP contribution in [0.4, 0.5) is 5.69 Å². The maximum absolute atomic E-state index is 12.2. The van der Waals surface area contributed by atoms with Gasteiger partial charge in [-0.3, -0.25) is 4.79 Å². The number of aryl methyl sites for hydroxylation is 1. The molecule has 4 nitrogen and oxygen atoms in total. The molecule has 0 radical (unpaired) electrons. The van der Waals surface area contributed by atoms with Crippen molar-refractivity contribution in [1.29, 1.82) is 0 Å². The average Bonchev–Trinajstić information content (AvgIpc) is 2.91. The van der Waals surface area contributed by atoms with Crippen LogP contribution in [0.25, 0.3) is 0 Å². The molecular formula is C18H28N2O2. The van der Waals surface area contributed by atoms with E-state index in [0.717, 1.165) is 43.5 Å². The van der Waals surface area contributed by atoms with Crippen LogP contribution < -0.4 is 10.6 Å². The van der Waals surface area contributed by atoms with E-state index < -0.39 is 0 Å². The van der Waals surface area contributed by atoms with E-state index in [1.807, 2.05) is 31.2 Å². The molecule has 0 heterocycles. The van der Waals surface area contributed by atoms with Crippen molar-refractivity contribution in [3.63, 3.8) is 0 Å². The molecule has 0 bridgehead atoms. The fourth-order valence-corrected chi connectivity index (χ4v) is 3.11. The number of carbonyl (C=O) groups is 1. The van der Waals surface area contributed by atoms with E-state index >= 15 is 0 Å². The first kappa shape index (κ1) is 17.0. The van der Waals surface area contributed by atoms with Crippen LogP contribution in [0.2, 0.25) is 0 Å². The van der Waals surface area contributed by atoms with Gasteiger partial charge in [-0.25, -0.2) is 0 Å². The molecular weight excluding hydrogens is 276 g/mol. The molecule has 1 aliphatic rings. The second-order valence-electron chi connectivity index (χ2n) is 6.33. The summed E-state index contributed by atoms with van der Waals surface area (Å²) in [7, 11) is 0. The molecule has 2 rings (SSSR count). The minimum atomic E-state index is -0.176. The van der Waals surface area contributed by atoms with E-state index in [0.29, 0.717) is 12.3 Å². The lowest BCUT2D eigenvalue weighted by Gasteiger charge is -2.19. The quantitative estimate of drug-likeness (QED) is 0.726. The van der Waals surface area contributed by atoms with Crippen LogP contribution in [0, 0.1) is 5.92 Å². The van der Waals surface area contributed by atoms with Crippen molar-refractivity contribution in [3.05, 3.63) is 29.8 Å². The van der Waals surface area contributed by atoms with Gasteiger partial charge in [0.15, 0.2) is 0 Å². The summed E-state index contributed by atoms with van der Waals surface area (Å²) in [6, 6.07) is 8.04. The highest BCUT2D eigenvalue weighted by Crippen LogP contribution is 2.24. The van der Waals surface area contributed by atoms with Crippen LogP contribution in [0.15, 0.2) is 24.3 Å². The number of carbonyl (C=O) groups excluding carboxylic acids is 1. The Kier molecular flexibility index (Phi) is 6.40. The Morgan fingerprint density at radius 3 is 2.82 bits per heavy atom. The lowest BCUT2D eigenvalue weighted by Crippen LogP contribution is -2.36. The highest BCUT2D eigenvalue weighted by Gasteiger charge is 2.25. The van der Waals surface area contributed by atoms with Gasteiger partial charge in [-0.1, -0.05) is 31.5 Å². The standard InChI is InChI=1S/C18H28N2O2/c1-3-14-7-4-5-9-16(14)20-18(22)11-13(2)19-12-15-8-6-10-17(15)21/h4-5,7,9,13,15,17,19,21H,3,6,8,10-12H2,1-2H3,(H,20,22). The van der Waals surface area contributed by atoms with E-state index in [1.165, 1.54) is 0 Å². The molecule has 4 heteroatoms. The van der Waals surface area contributed by atoms with Crippen molar-refractivity contribution in [1.82, 2.24) is 5.32 Å². The molecule has 3 N–H and O–H groups in total. The van der Waals surface area contributed by atoms with Crippen LogP contribution in [0.5, 0.6) is 0 Å². The van der Waals surface area contributed by atoms with Gasteiger partial charge in [-0.05, 0) is 43.7 Å². The normalized spacial score (nSPS) is 22.5. The van der Waals surface area contributed by atoms with Crippen LogP contribution in [0.3, 0.4) is 0 Å². The summed E-state index contributed by atoms with van der Waals surface area (Å²) in [5.41, 5.74) is 2.07. The Hall–Kier alpha value is -1.39. The van der Waals surface area contributed by atoms with Gasteiger partial charge in [0.1, 0.15) is 0 Å². The molecule has 122 valence electrons. The molecule has 1 aliphatic carbocycles. The second kappa shape index (κ2) is 8.30. The number of aliphatic hydroxyl groups excluding tert-OH is 1. The molecule has 22 heavy (non-hydrogen) atoms. The monoisotopic (exact) mass is 304 g/mol. The van der Waals surface area contributed by atoms with E-state index in [4.69, 9.17) is 0 Å². The van der Waals surface area contributed by atoms with E-state index in [9.17, 15) is 9.90 Å². The summed E-state index contributed by atoms with van der Waals surface area (Å²) >= 11 is 0. The molecule has 1 aromatic rings. The van der Waals surface area contributed by atoms with Crippen LogP contribution >= 0.6 is 0 Å². The Labute approximate surface area is 133 Å². The Bertz CT molecular complexity index is 490. The van der Waals surface area contributed by atoms with Gasteiger partial charge < -0.3 is 15.7 Å². The lowest BCUT2D eigenvalue weighted by molar-refractivity contribution is -0.116. The topological polar surface area (TPSA) is 61.4 Å². The van der Waals surface area contributed by atoms with Gasteiger partial charge in [0, 0.05) is 24.7 Å². The van der Waals surface area contributed by atoms with Gasteiger partial charge >= 0.3 is 0 Å². The first-order valence-electron chi connectivity index (χ1n) is 8.39. The zero-order valence-electron chi connectivity index (χ0n) is 13.6. The molecule has 1 amide bonds.